The predicted molar refractivity (Wildman–Crippen MR) is 35.2 cm³/mol. The largest absolute Gasteiger partial charge is 0.362 e. The second-order valence-corrected chi connectivity index (χ2v) is 3.49. The summed E-state index contributed by atoms with van der Waals surface area (Å²) in [5.74, 6) is 0. The van der Waals surface area contributed by atoms with Gasteiger partial charge in [0, 0.05) is 6.61 Å². The van der Waals surface area contributed by atoms with E-state index in [4.69, 9.17) is 9.88 Å². The number of nitrogens with two attached hydrogens (primary N) is 1. The lowest BCUT2D eigenvalue weighted by Crippen LogP contribution is -2.38. The van der Waals surface area contributed by atoms with Gasteiger partial charge in [0.25, 0.3) is 10.2 Å². The van der Waals surface area contributed by atoms with Crippen molar-refractivity contribution in [2.45, 2.75) is 19.1 Å². The smallest absolute Gasteiger partial charge is 0.276 e. The fourth-order valence-electron chi connectivity index (χ4n) is 0.854. The molecule has 0 amide bonds. The monoisotopic (exact) mass is 166 g/mol. The van der Waals surface area contributed by atoms with E-state index >= 15 is 0 Å². The Hall–Kier alpha value is -0.170. The summed E-state index contributed by atoms with van der Waals surface area (Å²) in [6.45, 7) is 0.604. The third-order valence-corrected chi connectivity index (χ3v) is 1.82. The van der Waals surface area contributed by atoms with Crippen LogP contribution >= 0.6 is 0 Å². The first kappa shape index (κ1) is 7.93. The quantitative estimate of drug-likeness (QED) is 0.547. The molecule has 3 N–H and O–H groups in total. The van der Waals surface area contributed by atoms with Crippen molar-refractivity contribution < 1.29 is 13.2 Å². The standard InChI is InChI=1S/C4H10N2O3S/c5-10(7,8)6-4-2-1-3-9-4/h4,6H,1-3H2,(H2,5,7,8)/t4-/m0/s1. The maximum absolute atomic E-state index is 10.4. The SMILES string of the molecule is NS(=O)(=O)N[C@@H]1CCCO1. The number of ether oxygens (including phenoxy) is 1. The van der Waals surface area contributed by atoms with Gasteiger partial charge in [0.05, 0.1) is 0 Å². The minimum Gasteiger partial charge on any atom is -0.362 e. The normalized spacial score (nSPS) is 27.1. The zero-order chi connectivity index (χ0) is 7.61. The molecule has 0 aliphatic carbocycles. The van der Waals surface area contributed by atoms with Crippen molar-refractivity contribution in [2.24, 2.45) is 5.14 Å². The lowest BCUT2D eigenvalue weighted by Gasteiger charge is -2.07. The molecule has 60 valence electrons. The summed E-state index contributed by atoms with van der Waals surface area (Å²) in [5.41, 5.74) is 0. The number of rotatable bonds is 2. The highest BCUT2D eigenvalue weighted by molar-refractivity contribution is 7.87. The molecule has 1 saturated heterocycles. The first-order valence-electron chi connectivity index (χ1n) is 2.99. The van der Waals surface area contributed by atoms with E-state index in [0.29, 0.717) is 13.0 Å². The van der Waals surface area contributed by atoms with Crippen LogP contribution in [0.15, 0.2) is 0 Å². The van der Waals surface area contributed by atoms with Crippen molar-refractivity contribution in [3.8, 4) is 0 Å². The Morgan fingerprint density at radius 1 is 1.60 bits per heavy atom. The number of hydrogen-bond acceptors (Lipinski definition) is 3. The molecule has 10 heavy (non-hydrogen) atoms. The molecular formula is C4H10N2O3S. The van der Waals surface area contributed by atoms with Gasteiger partial charge in [0.1, 0.15) is 6.23 Å². The maximum Gasteiger partial charge on any atom is 0.276 e. The molecule has 1 fully saturated rings. The van der Waals surface area contributed by atoms with Crippen LogP contribution in [0.25, 0.3) is 0 Å². The minimum absolute atomic E-state index is 0.407. The Labute approximate surface area is 59.7 Å². The van der Waals surface area contributed by atoms with Crippen molar-refractivity contribution in [1.29, 1.82) is 0 Å². The lowest BCUT2D eigenvalue weighted by molar-refractivity contribution is 0.103. The molecule has 0 saturated carbocycles. The van der Waals surface area contributed by atoms with E-state index in [9.17, 15) is 8.42 Å². The van der Waals surface area contributed by atoms with Crippen LogP contribution in [0.5, 0.6) is 0 Å². The van der Waals surface area contributed by atoms with Gasteiger partial charge in [-0.2, -0.15) is 13.1 Å². The van der Waals surface area contributed by atoms with Crippen molar-refractivity contribution in [3.63, 3.8) is 0 Å². The number of nitrogens with one attached hydrogen (secondary N) is 1. The Morgan fingerprint density at radius 3 is 2.70 bits per heavy atom. The number of hydrogen-bond donors (Lipinski definition) is 2. The predicted octanol–water partition coefficient (Wildman–Crippen LogP) is -1.08. The van der Waals surface area contributed by atoms with E-state index in [0.717, 1.165) is 6.42 Å². The first-order valence-corrected chi connectivity index (χ1v) is 4.54. The average molecular weight is 166 g/mol. The van der Waals surface area contributed by atoms with Crippen molar-refractivity contribution in [3.05, 3.63) is 0 Å². The molecule has 0 aromatic carbocycles. The highest BCUT2D eigenvalue weighted by Crippen LogP contribution is 2.08. The Balaban J connectivity index is 2.38. The van der Waals surface area contributed by atoms with Crippen molar-refractivity contribution in [1.82, 2.24) is 4.72 Å². The van der Waals surface area contributed by atoms with E-state index in [1.54, 1.807) is 0 Å². The third-order valence-electron chi connectivity index (χ3n) is 1.23. The van der Waals surface area contributed by atoms with Crippen LogP contribution in [0.1, 0.15) is 12.8 Å². The molecule has 0 aromatic heterocycles. The topological polar surface area (TPSA) is 81.4 Å². The van der Waals surface area contributed by atoms with Gasteiger partial charge >= 0.3 is 0 Å². The molecule has 5 nitrogen and oxygen atoms in total. The molecule has 1 aliphatic rings. The summed E-state index contributed by atoms with van der Waals surface area (Å²) < 4.78 is 27.9. The molecule has 0 radical (unpaired) electrons. The molecule has 0 bridgehead atoms. The van der Waals surface area contributed by atoms with Crippen LogP contribution in [0.3, 0.4) is 0 Å². The van der Waals surface area contributed by atoms with E-state index < -0.39 is 16.4 Å². The van der Waals surface area contributed by atoms with Crippen LogP contribution in [0, 0.1) is 0 Å². The molecule has 1 heterocycles. The molecule has 1 rings (SSSR count). The first-order chi connectivity index (χ1) is 4.58. The molecule has 0 unspecified atom stereocenters. The molecule has 1 atom stereocenters. The lowest BCUT2D eigenvalue weighted by atomic mass is 10.3. The summed E-state index contributed by atoms with van der Waals surface area (Å²) in [7, 11) is -3.58. The van der Waals surface area contributed by atoms with Crippen LogP contribution in [-0.2, 0) is 14.9 Å². The van der Waals surface area contributed by atoms with E-state index in [-0.39, 0.29) is 0 Å². The van der Waals surface area contributed by atoms with Crippen LogP contribution in [0.2, 0.25) is 0 Å². The molecule has 0 aromatic rings. The van der Waals surface area contributed by atoms with Gasteiger partial charge in [-0.05, 0) is 12.8 Å². The molecule has 0 spiro atoms. The van der Waals surface area contributed by atoms with Gasteiger partial charge in [-0.1, -0.05) is 0 Å². The van der Waals surface area contributed by atoms with Gasteiger partial charge < -0.3 is 4.74 Å². The zero-order valence-electron chi connectivity index (χ0n) is 5.41. The van der Waals surface area contributed by atoms with Crippen molar-refractivity contribution >= 4 is 10.2 Å². The van der Waals surface area contributed by atoms with Gasteiger partial charge in [-0.25, -0.2) is 5.14 Å². The Morgan fingerprint density at radius 2 is 2.30 bits per heavy atom. The van der Waals surface area contributed by atoms with Gasteiger partial charge in [-0.15, -0.1) is 0 Å². The summed E-state index contributed by atoms with van der Waals surface area (Å²) in [4.78, 5) is 0. The summed E-state index contributed by atoms with van der Waals surface area (Å²) in [5, 5.41) is 4.70. The van der Waals surface area contributed by atoms with Crippen LogP contribution < -0.4 is 9.86 Å². The van der Waals surface area contributed by atoms with Gasteiger partial charge in [0.2, 0.25) is 0 Å². The third kappa shape index (κ3) is 2.61. The Bertz CT molecular complexity index is 195. The van der Waals surface area contributed by atoms with Crippen LogP contribution in [-0.4, -0.2) is 21.3 Å². The van der Waals surface area contributed by atoms with E-state index in [1.165, 1.54) is 0 Å². The van der Waals surface area contributed by atoms with Crippen LogP contribution in [0.4, 0.5) is 0 Å². The summed E-state index contributed by atoms with van der Waals surface area (Å²) >= 11 is 0. The highest BCUT2D eigenvalue weighted by atomic mass is 32.2. The molecule has 1 aliphatic heterocycles. The highest BCUT2D eigenvalue weighted by Gasteiger charge is 2.18. The molecule has 6 heteroatoms. The van der Waals surface area contributed by atoms with E-state index in [1.807, 2.05) is 0 Å². The maximum atomic E-state index is 10.4. The zero-order valence-corrected chi connectivity index (χ0v) is 6.23. The van der Waals surface area contributed by atoms with Gasteiger partial charge in [0.15, 0.2) is 0 Å². The fraction of sp³-hybridized carbons (Fsp3) is 1.00. The van der Waals surface area contributed by atoms with Gasteiger partial charge in [-0.3, -0.25) is 0 Å². The second kappa shape index (κ2) is 2.83. The second-order valence-electron chi connectivity index (χ2n) is 2.16. The summed E-state index contributed by atoms with van der Waals surface area (Å²) in [6.07, 6.45) is 1.18. The average Bonchev–Trinajstić information content (AvgIpc) is 2.12. The van der Waals surface area contributed by atoms with E-state index in [2.05, 4.69) is 4.72 Å². The van der Waals surface area contributed by atoms with Crippen molar-refractivity contribution in [2.75, 3.05) is 6.61 Å². The summed E-state index contributed by atoms with van der Waals surface area (Å²) in [6, 6.07) is 0. The molecular weight excluding hydrogens is 156 g/mol. The Kier molecular flexibility index (Phi) is 2.24. The minimum atomic E-state index is -3.58. The fourth-order valence-corrected chi connectivity index (χ4v) is 1.41.